The van der Waals surface area contributed by atoms with Gasteiger partial charge in [-0.25, -0.2) is 0 Å². The molecule has 1 aromatic heterocycles. The van der Waals surface area contributed by atoms with Crippen LogP contribution in [-0.4, -0.2) is 19.1 Å². The molecule has 0 N–H and O–H groups in total. The lowest BCUT2D eigenvalue weighted by molar-refractivity contribution is 1.08. The molecule has 0 aliphatic rings. The van der Waals surface area contributed by atoms with Crippen molar-refractivity contribution in [3.05, 3.63) is 22.4 Å². The van der Waals surface area contributed by atoms with Gasteiger partial charge in [-0.15, -0.1) is 11.6 Å². The topological polar surface area (TPSA) is 16.1 Å². The molecule has 1 rings (SSSR count). The van der Waals surface area contributed by atoms with Gasteiger partial charge in [0.1, 0.15) is 0 Å². The number of nitrogens with zero attached hydrogens (tertiary/aromatic N) is 2. The molecule has 0 unspecified atom stereocenters. The van der Waals surface area contributed by atoms with Gasteiger partial charge in [0.2, 0.25) is 0 Å². The highest BCUT2D eigenvalue weighted by atomic mass is 79.9. The second kappa shape index (κ2) is 4.10. The molecule has 66 valence electrons. The summed E-state index contributed by atoms with van der Waals surface area (Å²) in [5.41, 5.74) is 1.99. The van der Waals surface area contributed by atoms with Crippen LogP contribution in [0.1, 0.15) is 5.69 Å². The number of aromatic nitrogens is 1. The fourth-order valence-corrected chi connectivity index (χ4v) is 1.60. The van der Waals surface area contributed by atoms with Gasteiger partial charge in [-0.05, 0) is 22.0 Å². The van der Waals surface area contributed by atoms with E-state index in [-0.39, 0.29) is 0 Å². The van der Waals surface area contributed by atoms with Gasteiger partial charge in [0.15, 0.2) is 0 Å². The summed E-state index contributed by atoms with van der Waals surface area (Å²) in [6.45, 7) is 0. The first-order chi connectivity index (χ1) is 5.65. The molecule has 0 spiro atoms. The van der Waals surface area contributed by atoms with Gasteiger partial charge in [0.05, 0.1) is 21.7 Å². The van der Waals surface area contributed by atoms with Crippen LogP contribution in [0.25, 0.3) is 0 Å². The first-order valence-electron chi connectivity index (χ1n) is 3.53. The van der Waals surface area contributed by atoms with Gasteiger partial charge in [-0.3, -0.25) is 4.98 Å². The van der Waals surface area contributed by atoms with Crippen LogP contribution in [0.4, 0.5) is 5.69 Å². The smallest absolute Gasteiger partial charge is 0.0648 e. The largest absolute Gasteiger partial charge is 0.377 e. The number of hydrogen-bond donors (Lipinski definition) is 0. The normalized spacial score (nSPS) is 10.0. The van der Waals surface area contributed by atoms with Crippen molar-refractivity contribution in [2.24, 2.45) is 0 Å². The van der Waals surface area contributed by atoms with Gasteiger partial charge in [-0.1, -0.05) is 0 Å². The van der Waals surface area contributed by atoms with Gasteiger partial charge >= 0.3 is 0 Å². The zero-order valence-corrected chi connectivity index (χ0v) is 9.35. The maximum absolute atomic E-state index is 5.66. The second-order valence-electron chi connectivity index (χ2n) is 2.66. The van der Waals surface area contributed by atoms with Crippen molar-refractivity contribution in [2.45, 2.75) is 5.88 Å². The van der Waals surface area contributed by atoms with E-state index in [1.807, 2.05) is 25.1 Å². The van der Waals surface area contributed by atoms with E-state index in [1.165, 1.54) is 0 Å². The number of anilines is 1. The molecule has 0 aliphatic heterocycles. The van der Waals surface area contributed by atoms with Crippen molar-refractivity contribution in [1.29, 1.82) is 0 Å². The fraction of sp³-hybridized carbons (Fsp3) is 0.375. The van der Waals surface area contributed by atoms with Gasteiger partial charge in [-0.2, -0.15) is 0 Å². The summed E-state index contributed by atoms with van der Waals surface area (Å²) < 4.78 is 0.987. The molecular weight excluding hydrogens is 239 g/mol. The number of hydrogen-bond acceptors (Lipinski definition) is 2. The predicted octanol–water partition coefficient (Wildman–Crippen LogP) is 2.65. The van der Waals surface area contributed by atoms with E-state index in [2.05, 4.69) is 20.9 Å². The van der Waals surface area contributed by atoms with E-state index in [1.54, 1.807) is 6.20 Å². The summed E-state index contributed by atoms with van der Waals surface area (Å²) in [5.74, 6) is 0.453. The third kappa shape index (κ3) is 2.11. The Morgan fingerprint density at radius 1 is 1.58 bits per heavy atom. The van der Waals surface area contributed by atoms with Crippen molar-refractivity contribution >= 4 is 33.2 Å². The summed E-state index contributed by atoms with van der Waals surface area (Å²) in [7, 11) is 3.97. The van der Waals surface area contributed by atoms with Crippen molar-refractivity contribution in [3.63, 3.8) is 0 Å². The highest BCUT2D eigenvalue weighted by Gasteiger charge is 2.03. The molecule has 0 saturated heterocycles. The third-order valence-electron chi connectivity index (χ3n) is 1.51. The molecule has 0 fully saturated rings. The number of alkyl halides is 1. The Morgan fingerprint density at radius 3 is 2.75 bits per heavy atom. The fourth-order valence-electron chi connectivity index (χ4n) is 0.886. The predicted molar refractivity (Wildman–Crippen MR) is 55.8 cm³/mol. The second-order valence-corrected chi connectivity index (χ2v) is 3.78. The van der Waals surface area contributed by atoms with Crippen LogP contribution in [0.15, 0.2) is 16.7 Å². The summed E-state index contributed by atoms with van der Waals surface area (Å²) in [6.07, 6.45) is 1.77. The summed E-state index contributed by atoms with van der Waals surface area (Å²) in [5, 5.41) is 0. The van der Waals surface area contributed by atoms with Gasteiger partial charge < -0.3 is 4.90 Å². The standard InChI is InChI=1S/C8H10BrClN2/c1-12(2)8-3-6(4-10)11-5-7(8)9/h3,5H,4H2,1-2H3. The Labute approximate surface area is 85.7 Å². The monoisotopic (exact) mass is 248 g/mol. The van der Waals surface area contributed by atoms with Crippen LogP contribution in [-0.2, 0) is 5.88 Å². The van der Waals surface area contributed by atoms with Crippen LogP contribution < -0.4 is 4.90 Å². The van der Waals surface area contributed by atoms with Crippen LogP contribution in [0.5, 0.6) is 0 Å². The highest BCUT2D eigenvalue weighted by molar-refractivity contribution is 9.10. The molecule has 2 nitrogen and oxygen atoms in total. The van der Waals surface area contributed by atoms with E-state index < -0.39 is 0 Å². The average molecular weight is 250 g/mol. The number of rotatable bonds is 2. The van der Waals surface area contributed by atoms with Crippen LogP contribution in [0.2, 0.25) is 0 Å². The summed E-state index contributed by atoms with van der Waals surface area (Å²) in [6, 6.07) is 1.97. The van der Waals surface area contributed by atoms with E-state index in [0.717, 1.165) is 15.9 Å². The molecule has 0 bridgehead atoms. The molecule has 0 atom stereocenters. The number of halogens is 2. The minimum absolute atomic E-state index is 0.453. The maximum atomic E-state index is 5.66. The van der Waals surface area contributed by atoms with Crippen molar-refractivity contribution in [2.75, 3.05) is 19.0 Å². The molecule has 0 aromatic carbocycles. The van der Waals surface area contributed by atoms with Crippen LogP contribution in [0.3, 0.4) is 0 Å². The molecule has 1 heterocycles. The van der Waals surface area contributed by atoms with Crippen molar-refractivity contribution < 1.29 is 0 Å². The van der Waals surface area contributed by atoms with E-state index in [9.17, 15) is 0 Å². The third-order valence-corrected chi connectivity index (χ3v) is 2.40. The molecular formula is C8H10BrClN2. The van der Waals surface area contributed by atoms with E-state index >= 15 is 0 Å². The Kier molecular flexibility index (Phi) is 3.35. The maximum Gasteiger partial charge on any atom is 0.0648 e. The Bertz CT molecular complexity index is 276. The van der Waals surface area contributed by atoms with Crippen molar-refractivity contribution in [3.8, 4) is 0 Å². The molecule has 0 amide bonds. The number of pyridine rings is 1. The van der Waals surface area contributed by atoms with Crippen molar-refractivity contribution in [1.82, 2.24) is 4.98 Å². The molecule has 0 aliphatic carbocycles. The van der Waals surface area contributed by atoms with Gasteiger partial charge in [0, 0.05) is 20.3 Å². The first-order valence-corrected chi connectivity index (χ1v) is 4.85. The lowest BCUT2D eigenvalue weighted by Gasteiger charge is -2.14. The lowest BCUT2D eigenvalue weighted by Crippen LogP contribution is -2.10. The lowest BCUT2D eigenvalue weighted by atomic mass is 10.3. The zero-order chi connectivity index (χ0) is 9.14. The SMILES string of the molecule is CN(C)c1cc(CCl)ncc1Br. The van der Waals surface area contributed by atoms with E-state index in [4.69, 9.17) is 11.6 Å². The minimum atomic E-state index is 0.453. The molecule has 0 saturated carbocycles. The Morgan fingerprint density at radius 2 is 2.25 bits per heavy atom. The zero-order valence-electron chi connectivity index (χ0n) is 7.01. The molecule has 1 aromatic rings. The van der Waals surface area contributed by atoms with Crippen LogP contribution >= 0.6 is 27.5 Å². The average Bonchev–Trinajstić information content (AvgIpc) is 2.05. The molecule has 4 heteroatoms. The minimum Gasteiger partial charge on any atom is -0.377 e. The summed E-state index contributed by atoms with van der Waals surface area (Å²) in [4.78, 5) is 6.15. The van der Waals surface area contributed by atoms with Crippen LogP contribution in [0, 0.1) is 0 Å². The Balaban J connectivity index is 3.08. The van der Waals surface area contributed by atoms with Gasteiger partial charge in [0.25, 0.3) is 0 Å². The first kappa shape index (κ1) is 9.81. The highest BCUT2D eigenvalue weighted by Crippen LogP contribution is 2.24. The quantitative estimate of drug-likeness (QED) is 0.749. The van der Waals surface area contributed by atoms with E-state index in [0.29, 0.717) is 5.88 Å². The Hall–Kier alpha value is -0.280. The molecule has 12 heavy (non-hydrogen) atoms. The molecule has 0 radical (unpaired) electrons. The summed E-state index contributed by atoms with van der Waals surface area (Å²) >= 11 is 9.07.